The fraction of sp³-hybridized carbons (Fsp3) is 0.368. The molecule has 0 radical (unpaired) electrons. The van der Waals surface area contributed by atoms with Crippen LogP contribution >= 0.6 is 35.5 Å². The van der Waals surface area contributed by atoms with Gasteiger partial charge in [0.25, 0.3) is 0 Å². The standard InChI is InChI=1S/C19H21ClFN3OS.ClH/c1-12-19(15-6-8-26-18(15)11-24(12)20)23-16-5-4-13(21)9-17(16)25-14-3-2-7-22-10-14;/h4-6,8-9,14,22-23H,2-3,7,10-11H2,1H3;1H/t14-;/m1./s1. The van der Waals surface area contributed by atoms with Gasteiger partial charge in [0.05, 0.1) is 23.6 Å². The van der Waals surface area contributed by atoms with E-state index in [9.17, 15) is 4.39 Å². The Morgan fingerprint density at radius 1 is 1.37 bits per heavy atom. The van der Waals surface area contributed by atoms with Crippen molar-refractivity contribution in [2.24, 2.45) is 0 Å². The molecule has 0 spiro atoms. The summed E-state index contributed by atoms with van der Waals surface area (Å²) >= 11 is 8.06. The van der Waals surface area contributed by atoms with Crippen molar-refractivity contribution in [3.8, 4) is 5.75 Å². The zero-order valence-electron chi connectivity index (χ0n) is 14.9. The number of rotatable bonds is 4. The average Bonchev–Trinajstić information content (AvgIpc) is 3.09. The van der Waals surface area contributed by atoms with E-state index >= 15 is 0 Å². The van der Waals surface area contributed by atoms with Gasteiger partial charge in [-0.25, -0.2) is 4.39 Å². The minimum absolute atomic E-state index is 0. The molecule has 146 valence electrons. The molecular formula is C19H22Cl2FN3OS. The summed E-state index contributed by atoms with van der Waals surface area (Å²) in [6.45, 7) is 4.45. The van der Waals surface area contributed by atoms with Crippen LogP contribution in [0.4, 0.5) is 10.1 Å². The maximum atomic E-state index is 13.8. The van der Waals surface area contributed by atoms with Gasteiger partial charge in [0.2, 0.25) is 0 Å². The van der Waals surface area contributed by atoms with Gasteiger partial charge in [-0.2, -0.15) is 0 Å². The lowest BCUT2D eigenvalue weighted by Gasteiger charge is -2.28. The van der Waals surface area contributed by atoms with Crippen LogP contribution in [0.25, 0.3) is 5.70 Å². The molecule has 1 saturated heterocycles. The predicted molar refractivity (Wildman–Crippen MR) is 112 cm³/mol. The molecule has 2 aromatic rings. The second-order valence-electron chi connectivity index (χ2n) is 6.59. The summed E-state index contributed by atoms with van der Waals surface area (Å²) < 4.78 is 21.7. The van der Waals surface area contributed by atoms with E-state index in [1.807, 2.05) is 6.92 Å². The van der Waals surface area contributed by atoms with Crippen LogP contribution in [0.1, 0.15) is 30.2 Å². The number of thiophene rings is 1. The van der Waals surface area contributed by atoms with Crippen LogP contribution in [0, 0.1) is 5.82 Å². The molecule has 2 aliphatic heterocycles. The normalized spacial score (nSPS) is 19.4. The highest BCUT2D eigenvalue weighted by atomic mass is 35.5. The minimum Gasteiger partial charge on any atom is -0.487 e. The topological polar surface area (TPSA) is 36.5 Å². The number of halogens is 3. The van der Waals surface area contributed by atoms with E-state index in [4.69, 9.17) is 16.5 Å². The molecule has 8 heteroatoms. The molecule has 0 saturated carbocycles. The number of nitrogens with zero attached hydrogens (tertiary/aromatic N) is 1. The monoisotopic (exact) mass is 429 g/mol. The first-order valence-electron chi connectivity index (χ1n) is 8.76. The van der Waals surface area contributed by atoms with Crippen LogP contribution < -0.4 is 15.4 Å². The fourth-order valence-electron chi connectivity index (χ4n) is 3.34. The van der Waals surface area contributed by atoms with Crippen LogP contribution in [0.15, 0.2) is 35.3 Å². The Morgan fingerprint density at radius 2 is 2.22 bits per heavy atom. The van der Waals surface area contributed by atoms with Crippen molar-refractivity contribution in [3.63, 3.8) is 0 Å². The SMILES string of the molecule is CC1=C(Nc2ccc(F)cc2O[C@@H]2CCCNC2)c2ccsc2CN1Cl.Cl. The van der Waals surface area contributed by atoms with Crippen LogP contribution in [0.5, 0.6) is 5.75 Å². The average molecular weight is 430 g/mol. The van der Waals surface area contributed by atoms with Gasteiger partial charge in [-0.3, -0.25) is 4.42 Å². The number of benzene rings is 1. The Hall–Kier alpha value is -1.47. The van der Waals surface area contributed by atoms with Gasteiger partial charge >= 0.3 is 0 Å². The van der Waals surface area contributed by atoms with Gasteiger partial charge in [0.1, 0.15) is 17.7 Å². The van der Waals surface area contributed by atoms with E-state index in [0.29, 0.717) is 12.3 Å². The first kappa shape index (κ1) is 20.3. The number of nitrogens with one attached hydrogen (secondary N) is 2. The van der Waals surface area contributed by atoms with Gasteiger partial charge in [-0.05, 0) is 49.9 Å². The number of ether oxygens (including phenoxy) is 1. The molecule has 0 bridgehead atoms. The molecule has 3 heterocycles. The maximum absolute atomic E-state index is 13.8. The zero-order valence-corrected chi connectivity index (χ0v) is 17.3. The van der Waals surface area contributed by atoms with Gasteiger partial charge in [0, 0.05) is 34.8 Å². The molecule has 1 aromatic carbocycles. The van der Waals surface area contributed by atoms with Crippen molar-refractivity contribution >= 4 is 46.9 Å². The van der Waals surface area contributed by atoms with Gasteiger partial charge in [0.15, 0.2) is 0 Å². The second-order valence-corrected chi connectivity index (χ2v) is 8.00. The van der Waals surface area contributed by atoms with Crippen molar-refractivity contribution in [1.29, 1.82) is 0 Å². The number of hydrogen-bond acceptors (Lipinski definition) is 5. The molecule has 4 rings (SSSR count). The summed E-state index contributed by atoms with van der Waals surface area (Å²) in [7, 11) is 0. The van der Waals surface area contributed by atoms with Crippen molar-refractivity contribution in [2.75, 3.05) is 18.4 Å². The summed E-state index contributed by atoms with van der Waals surface area (Å²) in [4.78, 5) is 1.20. The highest BCUT2D eigenvalue weighted by Crippen LogP contribution is 2.38. The summed E-state index contributed by atoms with van der Waals surface area (Å²) in [6.07, 6.45) is 2.08. The maximum Gasteiger partial charge on any atom is 0.146 e. The third kappa shape index (κ3) is 4.35. The lowest BCUT2D eigenvalue weighted by Crippen LogP contribution is -2.37. The van der Waals surface area contributed by atoms with Crippen LogP contribution in [-0.4, -0.2) is 23.6 Å². The lowest BCUT2D eigenvalue weighted by atomic mass is 10.1. The van der Waals surface area contributed by atoms with Crippen molar-refractivity contribution in [2.45, 2.75) is 32.4 Å². The van der Waals surface area contributed by atoms with Gasteiger partial charge in [-0.1, -0.05) is 0 Å². The number of allylic oxidation sites excluding steroid dienone is 1. The van der Waals surface area contributed by atoms with Crippen LogP contribution in [0.3, 0.4) is 0 Å². The molecule has 1 aromatic heterocycles. The zero-order chi connectivity index (χ0) is 18.1. The van der Waals surface area contributed by atoms with Crippen molar-refractivity contribution < 1.29 is 9.13 Å². The highest BCUT2D eigenvalue weighted by molar-refractivity contribution is 7.10. The first-order valence-corrected chi connectivity index (χ1v) is 9.98. The smallest absolute Gasteiger partial charge is 0.146 e. The summed E-state index contributed by atoms with van der Waals surface area (Å²) in [6, 6.07) is 6.70. The van der Waals surface area contributed by atoms with E-state index < -0.39 is 0 Å². The largest absolute Gasteiger partial charge is 0.487 e. The minimum atomic E-state index is -0.307. The molecule has 1 atom stereocenters. The highest BCUT2D eigenvalue weighted by Gasteiger charge is 2.24. The molecule has 2 aliphatic rings. The first-order chi connectivity index (χ1) is 12.6. The number of fused-ring (bicyclic) bond motifs is 1. The van der Waals surface area contributed by atoms with Crippen LogP contribution in [-0.2, 0) is 6.54 Å². The molecule has 0 unspecified atom stereocenters. The van der Waals surface area contributed by atoms with E-state index in [1.165, 1.54) is 17.0 Å². The second kappa shape index (κ2) is 8.69. The Labute approximate surface area is 173 Å². The number of piperidine rings is 1. The number of anilines is 1. The van der Waals surface area contributed by atoms with Gasteiger partial charge < -0.3 is 15.4 Å². The van der Waals surface area contributed by atoms with E-state index in [-0.39, 0.29) is 24.3 Å². The van der Waals surface area contributed by atoms with Crippen molar-refractivity contribution in [3.05, 3.63) is 51.6 Å². The fourth-order valence-corrected chi connectivity index (χ4v) is 4.48. The summed E-state index contributed by atoms with van der Waals surface area (Å²) in [5.74, 6) is 0.223. The van der Waals surface area contributed by atoms with E-state index in [2.05, 4.69) is 22.1 Å². The molecule has 2 N–H and O–H groups in total. The Morgan fingerprint density at radius 3 is 3.00 bits per heavy atom. The quantitative estimate of drug-likeness (QED) is 0.653. The Kier molecular flexibility index (Phi) is 6.52. The molecule has 27 heavy (non-hydrogen) atoms. The van der Waals surface area contributed by atoms with Crippen LogP contribution in [0.2, 0.25) is 0 Å². The molecule has 4 nitrogen and oxygen atoms in total. The Bertz CT molecular complexity index is 836. The lowest BCUT2D eigenvalue weighted by molar-refractivity contribution is 0.167. The van der Waals surface area contributed by atoms with Gasteiger partial charge in [-0.15, -0.1) is 23.7 Å². The molecular weight excluding hydrogens is 408 g/mol. The third-order valence-electron chi connectivity index (χ3n) is 4.77. The van der Waals surface area contributed by atoms with E-state index in [1.54, 1.807) is 21.8 Å². The Balaban J connectivity index is 0.00000210. The van der Waals surface area contributed by atoms with Crippen molar-refractivity contribution in [1.82, 2.24) is 9.74 Å². The molecule has 0 aliphatic carbocycles. The third-order valence-corrected chi connectivity index (χ3v) is 6.05. The number of hydrogen-bond donors (Lipinski definition) is 2. The molecule has 1 fully saturated rings. The predicted octanol–water partition coefficient (Wildman–Crippen LogP) is 5.21. The summed E-state index contributed by atoms with van der Waals surface area (Å²) in [5, 5.41) is 8.82. The summed E-state index contributed by atoms with van der Waals surface area (Å²) in [5.41, 5.74) is 3.75. The van der Waals surface area contributed by atoms with E-state index in [0.717, 1.165) is 48.6 Å². The molecule has 0 amide bonds.